The molecule has 13 heteroatoms. The number of pyridine rings is 1. The highest BCUT2D eigenvalue weighted by Crippen LogP contribution is 2.28. The number of carbonyl (C=O) groups is 1. The summed E-state index contributed by atoms with van der Waals surface area (Å²) < 4.78 is 25.5. The summed E-state index contributed by atoms with van der Waals surface area (Å²) in [5.74, 6) is 1.50. The SMILES string of the molecule is O=C(O)N1CCN(c2ccc(-c3cnc(N4CCS(=O)(=O)CC4)c4nc(CO)cn34)cn2)CC1. The number of rotatable bonds is 4. The van der Waals surface area contributed by atoms with Crippen LogP contribution in [0.4, 0.5) is 16.4 Å². The first kappa shape index (κ1) is 22.3. The van der Waals surface area contributed by atoms with Gasteiger partial charge in [0.2, 0.25) is 0 Å². The Morgan fingerprint density at radius 3 is 2.32 bits per heavy atom. The lowest BCUT2D eigenvalue weighted by atomic mass is 10.2. The number of anilines is 2. The Balaban J connectivity index is 1.43. The number of amides is 1. The molecule has 2 aliphatic heterocycles. The van der Waals surface area contributed by atoms with E-state index in [0.717, 1.165) is 17.1 Å². The van der Waals surface area contributed by atoms with Crippen LogP contribution in [0.5, 0.6) is 0 Å². The van der Waals surface area contributed by atoms with Crippen molar-refractivity contribution in [3.63, 3.8) is 0 Å². The molecule has 0 bridgehead atoms. The molecule has 1 amide bonds. The van der Waals surface area contributed by atoms with E-state index in [1.165, 1.54) is 4.90 Å². The van der Waals surface area contributed by atoms with E-state index in [1.54, 1.807) is 18.6 Å². The number of aromatic nitrogens is 4. The van der Waals surface area contributed by atoms with Gasteiger partial charge in [0.1, 0.15) is 5.82 Å². The van der Waals surface area contributed by atoms with Crippen molar-refractivity contribution in [2.24, 2.45) is 0 Å². The second-order valence-electron chi connectivity index (χ2n) is 8.35. The molecule has 2 N–H and O–H groups in total. The molecule has 3 aromatic heterocycles. The van der Waals surface area contributed by atoms with Crippen LogP contribution in [-0.2, 0) is 16.4 Å². The first-order valence-electron chi connectivity index (χ1n) is 11.0. The summed E-state index contributed by atoms with van der Waals surface area (Å²) in [6, 6.07) is 3.82. The molecule has 0 atom stereocenters. The van der Waals surface area contributed by atoms with E-state index in [1.807, 2.05) is 26.3 Å². The maximum absolute atomic E-state index is 11.8. The molecule has 0 spiro atoms. The lowest BCUT2D eigenvalue weighted by molar-refractivity contribution is 0.142. The van der Waals surface area contributed by atoms with E-state index in [0.29, 0.717) is 56.4 Å². The van der Waals surface area contributed by atoms with Crippen LogP contribution in [0.2, 0.25) is 0 Å². The van der Waals surface area contributed by atoms with Crippen LogP contribution < -0.4 is 9.80 Å². The highest BCUT2D eigenvalue weighted by atomic mass is 32.2. The molecule has 2 fully saturated rings. The quantitative estimate of drug-likeness (QED) is 0.528. The topological polar surface area (TPSA) is 144 Å². The fourth-order valence-electron chi connectivity index (χ4n) is 4.30. The summed E-state index contributed by atoms with van der Waals surface area (Å²) in [4.78, 5) is 30.2. The van der Waals surface area contributed by atoms with Gasteiger partial charge in [-0.3, -0.25) is 4.40 Å². The second kappa shape index (κ2) is 8.72. The lowest BCUT2D eigenvalue weighted by Crippen LogP contribution is -2.48. The van der Waals surface area contributed by atoms with E-state index in [2.05, 4.69) is 15.0 Å². The van der Waals surface area contributed by atoms with Gasteiger partial charge in [-0.25, -0.2) is 28.2 Å². The number of fused-ring (bicyclic) bond motifs is 1. The number of piperazine rings is 1. The van der Waals surface area contributed by atoms with Crippen LogP contribution in [0.15, 0.2) is 30.7 Å². The zero-order chi connectivity index (χ0) is 23.9. The number of hydrogen-bond donors (Lipinski definition) is 2. The highest BCUT2D eigenvalue weighted by Gasteiger charge is 2.26. The Kier molecular flexibility index (Phi) is 5.73. The normalized spacial score (nSPS) is 18.4. The van der Waals surface area contributed by atoms with E-state index in [9.17, 15) is 18.3 Å². The summed E-state index contributed by atoms with van der Waals surface area (Å²) >= 11 is 0. The van der Waals surface area contributed by atoms with Crippen molar-refractivity contribution in [3.05, 3.63) is 36.4 Å². The fourth-order valence-corrected chi connectivity index (χ4v) is 5.50. The third-order valence-electron chi connectivity index (χ3n) is 6.25. The van der Waals surface area contributed by atoms with Gasteiger partial charge in [0, 0.05) is 57.2 Å². The van der Waals surface area contributed by atoms with Crippen molar-refractivity contribution in [1.29, 1.82) is 0 Å². The maximum atomic E-state index is 11.8. The number of aliphatic hydroxyl groups excluding tert-OH is 1. The van der Waals surface area contributed by atoms with Crippen LogP contribution in [-0.4, -0.2) is 99.8 Å². The molecule has 5 heterocycles. The third-order valence-corrected chi connectivity index (χ3v) is 7.86. The molecule has 5 rings (SSSR count). The Labute approximate surface area is 196 Å². The van der Waals surface area contributed by atoms with Gasteiger partial charge in [-0.05, 0) is 12.1 Å². The number of nitrogens with zero attached hydrogens (tertiary/aromatic N) is 7. The molecule has 0 unspecified atom stereocenters. The molecule has 180 valence electrons. The number of imidazole rings is 1. The first-order valence-corrected chi connectivity index (χ1v) is 12.8. The lowest BCUT2D eigenvalue weighted by Gasteiger charge is -2.33. The number of hydrogen-bond acceptors (Lipinski definition) is 9. The Morgan fingerprint density at radius 2 is 1.71 bits per heavy atom. The second-order valence-corrected chi connectivity index (χ2v) is 10.7. The molecule has 0 aliphatic carbocycles. The van der Waals surface area contributed by atoms with Crippen LogP contribution in [0.25, 0.3) is 16.9 Å². The summed E-state index contributed by atoms with van der Waals surface area (Å²) in [7, 11) is -3.03. The maximum Gasteiger partial charge on any atom is 0.407 e. The summed E-state index contributed by atoms with van der Waals surface area (Å²) in [5, 5.41) is 18.8. The standard InChI is InChI=1S/C21H25N7O5S/c29-14-16-13-28-17(12-23-19(20(28)24-16)26-7-9-34(32,33)10-8-26)15-1-2-18(22-11-15)25-3-5-27(6-4-25)21(30)31/h1-2,11-13,29H,3-10,14H2,(H,30,31). The number of sulfone groups is 1. The molecule has 3 aromatic rings. The molecule has 0 aromatic carbocycles. The minimum atomic E-state index is -3.03. The average molecular weight is 488 g/mol. The molecule has 34 heavy (non-hydrogen) atoms. The molecular weight excluding hydrogens is 462 g/mol. The van der Waals surface area contributed by atoms with Gasteiger partial charge in [0.25, 0.3) is 0 Å². The summed E-state index contributed by atoms with van der Waals surface area (Å²) in [5.41, 5.74) is 2.58. The summed E-state index contributed by atoms with van der Waals surface area (Å²) in [6.07, 6.45) is 4.28. The van der Waals surface area contributed by atoms with Gasteiger partial charge in [-0.2, -0.15) is 0 Å². The molecule has 0 radical (unpaired) electrons. The zero-order valence-electron chi connectivity index (χ0n) is 18.4. The van der Waals surface area contributed by atoms with Gasteiger partial charge in [-0.15, -0.1) is 0 Å². The minimum absolute atomic E-state index is 0.0717. The molecule has 0 saturated carbocycles. The minimum Gasteiger partial charge on any atom is -0.465 e. The van der Waals surface area contributed by atoms with E-state index >= 15 is 0 Å². The molecule has 2 aliphatic rings. The van der Waals surface area contributed by atoms with Crippen molar-refractivity contribution >= 4 is 33.2 Å². The first-order chi connectivity index (χ1) is 16.3. The molecule has 12 nitrogen and oxygen atoms in total. The van der Waals surface area contributed by atoms with Crippen molar-refractivity contribution in [2.75, 3.05) is 60.6 Å². The molecule has 2 saturated heterocycles. The number of aliphatic hydroxyl groups is 1. The van der Waals surface area contributed by atoms with Gasteiger partial charge in [-0.1, -0.05) is 0 Å². The van der Waals surface area contributed by atoms with Crippen molar-refractivity contribution in [1.82, 2.24) is 24.3 Å². The predicted molar refractivity (Wildman–Crippen MR) is 125 cm³/mol. The van der Waals surface area contributed by atoms with Crippen LogP contribution >= 0.6 is 0 Å². The molecular formula is C21H25N7O5S. The zero-order valence-corrected chi connectivity index (χ0v) is 19.2. The number of carboxylic acid groups (broad SMARTS) is 1. The van der Waals surface area contributed by atoms with E-state index in [-0.39, 0.29) is 18.1 Å². The monoisotopic (exact) mass is 487 g/mol. The van der Waals surface area contributed by atoms with Gasteiger partial charge in [0.15, 0.2) is 21.3 Å². The van der Waals surface area contributed by atoms with Crippen molar-refractivity contribution in [3.8, 4) is 11.3 Å². The van der Waals surface area contributed by atoms with Crippen LogP contribution in [0, 0.1) is 0 Å². The van der Waals surface area contributed by atoms with Crippen molar-refractivity contribution < 1.29 is 23.4 Å². The Hall–Kier alpha value is -3.45. The van der Waals surface area contributed by atoms with Gasteiger partial charge >= 0.3 is 6.09 Å². The summed E-state index contributed by atoms with van der Waals surface area (Å²) in [6.45, 7) is 2.48. The van der Waals surface area contributed by atoms with E-state index in [4.69, 9.17) is 5.11 Å². The fraction of sp³-hybridized carbons (Fsp3) is 0.429. The smallest absolute Gasteiger partial charge is 0.407 e. The largest absolute Gasteiger partial charge is 0.465 e. The highest BCUT2D eigenvalue weighted by molar-refractivity contribution is 7.91. The van der Waals surface area contributed by atoms with Crippen LogP contribution in [0.3, 0.4) is 0 Å². The van der Waals surface area contributed by atoms with Gasteiger partial charge in [0.05, 0.1) is 35.7 Å². The predicted octanol–water partition coefficient (Wildman–Crippen LogP) is 0.318. The average Bonchev–Trinajstić information content (AvgIpc) is 3.29. The van der Waals surface area contributed by atoms with Gasteiger partial charge < -0.3 is 24.9 Å². The van der Waals surface area contributed by atoms with E-state index < -0.39 is 15.9 Å². The van der Waals surface area contributed by atoms with Crippen molar-refractivity contribution in [2.45, 2.75) is 6.61 Å². The third kappa shape index (κ3) is 4.23. The van der Waals surface area contributed by atoms with Crippen LogP contribution in [0.1, 0.15) is 5.69 Å². The Morgan fingerprint density at radius 1 is 0.971 bits per heavy atom. The Bertz CT molecular complexity index is 1300.